The molecule has 0 aromatic heterocycles. The summed E-state index contributed by atoms with van der Waals surface area (Å²) in [6.07, 6.45) is 0. The maximum atomic E-state index is 12.1. The van der Waals surface area contributed by atoms with Gasteiger partial charge in [-0.1, -0.05) is 39.1 Å². The molecule has 0 aliphatic carbocycles. The summed E-state index contributed by atoms with van der Waals surface area (Å²) in [5, 5.41) is 3.47. The number of nitrogens with two attached hydrogens (primary N) is 1. The first-order valence-electron chi connectivity index (χ1n) is 5.29. The van der Waals surface area contributed by atoms with E-state index >= 15 is 0 Å². The zero-order valence-corrected chi connectivity index (χ0v) is 12.7. The molecular weight excluding hydrogens is 351 g/mol. The molecule has 19 heavy (non-hydrogen) atoms. The summed E-state index contributed by atoms with van der Waals surface area (Å²) in [7, 11) is 0. The van der Waals surface area contributed by atoms with Gasteiger partial charge in [0.15, 0.2) is 0 Å². The zero-order valence-electron chi connectivity index (χ0n) is 9.58. The van der Waals surface area contributed by atoms with E-state index in [4.69, 9.17) is 28.9 Å². The lowest BCUT2D eigenvalue weighted by atomic mass is 10.2. The Kier molecular flexibility index (Phi) is 4.34. The number of nitrogen functional groups attached to an aromatic ring is 1. The summed E-state index contributed by atoms with van der Waals surface area (Å²) in [6.45, 7) is 0. The third-order valence-corrected chi connectivity index (χ3v) is 3.49. The van der Waals surface area contributed by atoms with Crippen molar-refractivity contribution in [1.29, 1.82) is 0 Å². The highest BCUT2D eigenvalue weighted by Crippen LogP contribution is 2.25. The SMILES string of the molecule is Nc1cc(Br)ccc1NC(=O)c1cc(Cl)ccc1Cl. The Labute approximate surface area is 128 Å². The molecule has 0 bridgehead atoms. The second kappa shape index (κ2) is 5.82. The molecule has 0 atom stereocenters. The van der Waals surface area contributed by atoms with Crippen molar-refractivity contribution in [2.24, 2.45) is 0 Å². The number of rotatable bonds is 2. The molecule has 0 saturated heterocycles. The average Bonchev–Trinajstić information content (AvgIpc) is 2.35. The minimum atomic E-state index is -0.360. The van der Waals surface area contributed by atoms with Gasteiger partial charge in [0.1, 0.15) is 0 Å². The second-order valence-electron chi connectivity index (χ2n) is 3.81. The Balaban J connectivity index is 2.28. The van der Waals surface area contributed by atoms with Crippen LogP contribution in [0.4, 0.5) is 11.4 Å². The van der Waals surface area contributed by atoms with Crippen LogP contribution in [0, 0.1) is 0 Å². The zero-order chi connectivity index (χ0) is 14.0. The van der Waals surface area contributed by atoms with E-state index < -0.39 is 0 Å². The van der Waals surface area contributed by atoms with Crippen LogP contribution in [-0.2, 0) is 0 Å². The molecule has 2 rings (SSSR count). The first-order valence-corrected chi connectivity index (χ1v) is 6.83. The first kappa shape index (κ1) is 14.2. The Morgan fingerprint density at radius 1 is 1.16 bits per heavy atom. The quantitative estimate of drug-likeness (QED) is 0.770. The lowest BCUT2D eigenvalue weighted by molar-refractivity contribution is 0.102. The molecule has 98 valence electrons. The van der Waals surface area contributed by atoms with Crippen molar-refractivity contribution in [1.82, 2.24) is 0 Å². The lowest BCUT2D eigenvalue weighted by Crippen LogP contribution is -2.13. The molecule has 6 heteroatoms. The molecule has 0 radical (unpaired) electrons. The maximum Gasteiger partial charge on any atom is 0.257 e. The predicted molar refractivity (Wildman–Crippen MR) is 83.0 cm³/mol. The monoisotopic (exact) mass is 358 g/mol. The third-order valence-electron chi connectivity index (χ3n) is 2.43. The molecule has 3 nitrogen and oxygen atoms in total. The van der Waals surface area contributed by atoms with Crippen LogP contribution in [0.15, 0.2) is 40.9 Å². The summed E-state index contributed by atoms with van der Waals surface area (Å²) < 4.78 is 0.837. The van der Waals surface area contributed by atoms with Crippen LogP contribution in [0.1, 0.15) is 10.4 Å². The van der Waals surface area contributed by atoms with Gasteiger partial charge in [-0.3, -0.25) is 4.79 Å². The van der Waals surface area contributed by atoms with Crippen molar-refractivity contribution >= 4 is 56.4 Å². The highest BCUT2D eigenvalue weighted by molar-refractivity contribution is 9.10. The van der Waals surface area contributed by atoms with E-state index in [0.717, 1.165) is 4.47 Å². The molecule has 2 aromatic rings. The summed E-state index contributed by atoms with van der Waals surface area (Å²) in [5.74, 6) is -0.360. The van der Waals surface area contributed by atoms with Crippen LogP contribution in [0.25, 0.3) is 0 Å². The van der Waals surface area contributed by atoms with E-state index in [1.165, 1.54) is 6.07 Å². The van der Waals surface area contributed by atoms with Crippen molar-refractivity contribution in [3.05, 3.63) is 56.5 Å². The molecule has 3 N–H and O–H groups in total. The lowest BCUT2D eigenvalue weighted by Gasteiger charge is -2.09. The third kappa shape index (κ3) is 3.41. The summed E-state index contributed by atoms with van der Waals surface area (Å²) in [4.78, 5) is 12.1. The van der Waals surface area contributed by atoms with Crippen LogP contribution < -0.4 is 11.1 Å². The fraction of sp³-hybridized carbons (Fsp3) is 0. The van der Waals surface area contributed by atoms with Gasteiger partial charge >= 0.3 is 0 Å². The molecule has 0 fully saturated rings. The number of benzene rings is 2. The Morgan fingerprint density at radius 3 is 2.58 bits per heavy atom. The van der Waals surface area contributed by atoms with Crippen LogP contribution in [0.3, 0.4) is 0 Å². The van der Waals surface area contributed by atoms with Gasteiger partial charge < -0.3 is 11.1 Å². The van der Waals surface area contributed by atoms with E-state index in [-0.39, 0.29) is 5.91 Å². The van der Waals surface area contributed by atoms with Crippen LogP contribution >= 0.6 is 39.1 Å². The minimum Gasteiger partial charge on any atom is -0.397 e. The minimum absolute atomic E-state index is 0.302. The summed E-state index contributed by atoms with van der Waals surface area (Å²) >= 11 is 15.1. The number of hydrogen-bond acceptors (Lipinski definition) is 2. The number of hydrogen-bond donors (Lipinski definition) is 2. The average molecular weight is 360 g/mol. The number of anilines is 2. The van der Waals surface area contributed by atoms with Gasteiger partial charge in [-0.15, -0.1) is 0 Å². The molecule has 0 saturated carbocycles. The van der Waals surface area contributed by atoms with E-state index in [1.54, 1.807) is 30.3 Å². The van der Waals surface area contributed by atoms with Crippen LogP contribution in [-0.4, -0.2) is 5.91 Å². The molecular formula is C13H9BrCl2N2O. The number of carbonyl (C=O) groups is 1. The van der Waals surface area contributed by atoms with Crippen LogP contribution in [0.2, 0.25) is 10.0 Å². The molecule has 0 spiro atoms. The van der Waals surface area contributed by atoms with Crippen LogP contribution in [0.5, 0.6) is 0 Å². The smallest absolute Gasteiger partial charge is 0.257 e. The molecule has 0 aliphatic heterocycles. The normalized spacial score (nSPS) is 10.3. The number of nitrogens with one attached hydrogen (secondary N) is 1. The first-order chi connectivity index (χ1) is 8.97. The van der Waals surface area contributed by atoms with Gasteiger partial charge in [0, 0.05) is 9.50 Å². The van der Waals surface area contributed by atoms with Gasteiger partial charge in [0.2, 0.25) is 0 Å². The van der Waals surface area contributed by atoms with Crippen molar-refractivity contribution < 1.29 is 4.79 Å². The predicted octanol–water partition coefficient (Wildman–Crippen LogP) is 4.59. The Bertz CT molecular complexity index is 647. The molecule has 0 aliphatic rings. The summed E-state index contributed by atoms with van der Waals surface area (Å²) in [5.41, 5.74) is 7.09. The van der Waals surface area contributed by atoms with Gasteiger partial charge in [-0.2, -0.15) is 0 Å². The maximum absolute atomic E-state index is 12.1. The van der Waals surface area contributed by atoms with Gasteiger partial charge in [-0.25, -0.2) is 0 Å². The number of halogens is 3. The summed E-state index contributed by atoms with van der Waals surface area (Å²) in [6, 6.07) is 9.89. The van der Waals surface area contributed by atoms with Crippen molar-refractivity contribution in [2.45, 2.75) is 0 Å². The highest BCUT2D eigenvalue weighted by Gasteiger charge is 2.12. The molecule has 0 heterocycles. The van der Waals surface area contributed by atoms with Crippen molar-refractivity contribution in [3.63, 3.8) is 0 Å². The van der Waals surface area contributed by atoms with Gasteiger partial charge in [0.25, 0.3) is 5.91 Å². The standard InChI is InChI=1S/C13H9BrCl2N2O/c14-7-1-4-12(11(17)5-7)18-13(19)9-6-8(15)2-3-10(9)16/h1-6H,17H2,(H,18,19). The number of amides is 1. The highest BCUT2D eigenvalue weighted by atomic mass is 79.9. The van der Waals surface area contributed by atoms with E-state index in [9.17, 15) is 4.79 Å². The largest absolute Gasteiger partial charge is 0.397 e. The Morgan fingerprint density at radius 2 is 1.89 bits per heavy atom. The fourth-order valence-electron chi connectivity index (χ4n) is 1.51. The van der Waals surface area contributed by atoms with E-state index in [1.807, 2.05) is 0 Å². The molecule has 1 amide bonds. The van der Waals surface area contributed by atoms with Crippen molar-refractivity contribution in [3.8, 4) is 0 Å². The topological polar surface area (TPSA) is 55.1 Å². The van der Waals surface area contributed by atoms with Gasteiger partial charge in [-0.05, 0) is 36.4 Å². The van der Waals surface area contributed by atoms with E-state index in [0.29, 0.717) is 27.0 Å². The second-order valence-corrected chi connectivity index (χ2v) is 5.57. The number of carbonyl (C=O) groups excluding carboxylic acids is 1. The Hall–Kier alpha value is -1.23. The molecule has 0 unspecified atom stereocenters. The molecule has 2 aromatic carbocycles. The van der Waals surface area contributed by atoms with E-state index in [2.05, 4.69) is 21.2 Å². The van der Waals surface area contributed by atoms with Gasteiger partial charge in [0.05, 0.1) is 22.0 Å². The fourth-order valence-corrected chi connectivity index (χ4v) is 2.26. The van der Waals surface area contributed by atoms with Crippen molar-refractivity contribution in [2.75, 3.05) is 11.1 Å².